The smallest absolute Gasteiger partial charge is 0.309 e. The Morgan fingerprint density at radius 2 is 2.13 bits per heavy atom. The molecule has 0 atom stereocenters. The van der Waals surface area contributed by atoms with Gasteiger partial charge in [-0.15, -0.1) is 0 Å². The number of nitrogens with one attached hydrogen (secondary N) is 1. The number of rotatable bonds is 5. The Morgan fingerprint density at radius 3 is 2.60 bits per heavy atom. The molecule has 1 aromatic heterocycles. The van der Waals surface area contributed by atoms with Crippen LogP contribution in [0.2, 0.25) is 0 Å². The maximum absolute atomic E-state index is 10.9. The van der Waals surface area contributed by atoms with Crippen molar-refractivity contribution < 1.29 is 5.11 Å². The van der Waals surface area contributed by atoms with Gasteiger partial charge in [0.05, 0.1) is 0 Å². The summed E-state index contributed by atoms with van der Waals surface area (Å²) in [5.41, 5.74) is 0. The highest BCUT2D eigenvalue weighted by molar-refractivity contribution is 7.13. The van der Waals surface area contributed by atoms with E-state index in [9.17, 15) is 9.90 Å². The maximum atomic E-state index is 10.9. The van der Waals surface area contributed by atoms with E-state index in [4.69, 9.17) is 5.84 Å². The van der Waals surface area contributed by atoms with Gasteiger partial charge in [0.1, 0.15) is 0 Å². The predicted molar refractivity (Wildman–Crippen MR) is 61.3 cm³/mol. The average Bonchev–Trinajstić information content (AvgIpc) is 2.44. The first kappa shape index (κ1) is 12.0. The van der Waals surface area contributed by atoms with Crippen molar-refractivity contribution in [2.75, 3.05) is 32.2 Å². The largest absolute Gasteiger partial charge is 0.492 e. The molecule has 6 nitrogen and oxygen atoms in total. The van der Waals surface area contributed by atoms with E-state index in [2.05, 4.69) is 4.98 Å². The molecule has 4 N–H and O–H groups in total. The second kappa shape index (κ2) is 5.15. The number of nitrogens with two attached hydrogens (primary N) is 1. The van der Waals surface area contributed by atoms with Crippen LogP contribution in [-0.2, 0) is 0 Å². The molecular formula is C8H16N4O2S. The third-order valence-corrected chi connectivity index (χ3v) is 2.79. The average molecular weight is 232 g/mol. The zero-order chi connectivity index (χ0) is 11.4. The van der Waals surface area contributed by atoms with Crippen molar-refractivity contribution in [1.82, 2.24) is 9.88 Å². The molecule has 0 saturated heterocycles. The summed E-state index contributed by atoms with van der Waals surface area (Å²) in [5, 5.41) is 11.1. The monoisotopic (exact) mass is 232 g/mol. The molecule has 0 aromatic carbocycles. The molecule has 0 amide bonds. The Hall–Kier alpha value is -1.05. The van der Waals surface area contributed by atoms with Crippen molar-refractivity contribution in [3.8, 4) is 5.88 Å². The summed E-state index contributed by atoms with van der Waals surface area (Å²) in [5.74, 6) is 5.55. The lowest BCUT2D eigenvalue weighted by atomic mass is 10.4. The van der Waals surface area contributed by atoms with E-state index < -0.39 is 0 Å². The SMILES string of the molecule is CN(C)CCCN(N)c1sc(=O)[nH]c1O. The highest BCUT2D eigenvalue weighted by atomic mass is 32.1. The van der Waals surface area contributed by atoms with Crippen LogP contribution in [-0.4, -0.2) is 42.2 Å². The van der Waals surface area contributed by atoms with Crippen LogP contribution in [0, 0.1) is 0 Å². The Balaban J connectivity index is 2.50. The minimum atomic E-state index is -0.300. The topological polar surface area (TPSA) is 85.6 Å². The van der Waals surface area contributed by atoms with Gasteiger partial charge >= 0.3 is 4.87 Å². The lowest BCUT2D eigenvalue weighted by molar-refractivity contribution is 0.400. The third-order valence-electron chi connectivity index (χ3n) is 1.88. The molecule has 1 heterocycles. The molecule has 0 unspecified atom stereocenters. The van der Waals surface area contributed by atoms with Gasteiger partial charge in [-0.2, -0.15) is 0 Å². The molecule has 1 rings (SSSR count). The molecule has 7 heteroatoms. The van der Waals surface area contributed by atoms with Crippen molar-refractivity contribution in [3.63, 3.8) is 0 Å². The fourth-order valence-electron chi connectivity index (χ4n) is 1.17. The summed E-state index contributed by atoms with van der Waals surface area (Å²) in [4.78, 5) is 14.9. The first-order valence-corrected chi connectivity index (χ1v) is 5.41. The van der Waals surface area contributed by atoms with E-state index in [0.29, 0.717) is 11.5 Å². The number of hydrazine groups is 1. The van der Waals surface area contributed by atoms with E-state index in [-0.39, 0.29) is 10.8 Å². The lowest BCUT2D eigenvalue weighted by Crippen LogP contribution is -2.32. The summed E-state index contributed by atoms with van der Waals surface area (Å²) in [6.45, 7) is 1.51. The van der Waals surface area contributed by atoms with Gasteiger partial charge in [0, 0.05) is 6.54 Å². The number of hydrogen-bond acceptors (Lipinski definition) is 6. The molecule has 0 spiro atoms. The van der Waals surface area contributed by atoms with Gasteiger partial charge in [-0.05, 0) is 27.1 Å². The number of anilines is 1. The Kier molecular flexibility index (Phi) is 4.13. The van der Waals surface area contributed by atoms with Gasteiger partial charge < -0.3 is 10.0 Å². The molecule has 0 aliphatic carbocycles. The minimum absolute atomic E-state index is 0.155. The molecule has 0 aliphatic heterocycles. The first-order valence-electron chi connectivity index (χ1n) is 4.59. The normalized spacial score (nSPS) is 10.9. The second-order valence-electron chi connectivity index (χ2n) is 3.52. The van der Waals surface area contributed by atoms with Crippen molar-refractivity contribution >= 4 is 16.3 Å². The summed E-state index contributed by atoms with van der Waals surface area (Å²) >= 11 is 0.908. The van der Waals surface area contributed by atoms with Crippen LogP contribution < -0.4 is 15.7 Å². The lowest BCUT2D eigenvalue weighted by Gasteiger charge is -2.17. The highest BCUT2D eigenvalue weighted by Gasteiger charge is 2.11. The molecular weight excluding hydrogens is 216 g/mol. The number of aromatic hydroxyl groups is 1. The Labute approximate surface area is 91.9 Å². The maximum Gasteiger partial charge on any atom is 0.309 e. The van der Waals surface area contributed by atoms with Gasteiger partial charge in [0.25, 0.3) is 0 Å². The fraction of sp³-hybridized carbons (Fsp3) is 0.625. The molecule has 1 aromatic rings. The number of aromatic nitrogens is 1. The summed E-state index contributed by atoms with van der Waals surface area (Å²) in [6.07, 6.45) is 0.870. The van der Waals surface area contributed by atoms with Gasteiger partial charge in [0.15, 0.2) is 5.00 Å². The molecule has 15 heavy (non-hydrogen) atoms. The first-order chi connectivity index (χ1) is 7.00. The minimum Gasteiger partial charge on any atom is -0.492 e. The number of thiazole rings is 1. The van der Waals surface area contributed by atoms with Crippen LogP contribution >= 0.6 is 11.3 Å². The van der Waals surface area contributed by atoms with Crippen LogP contribution in [0.1, 0.15) is 6.42 Å². The van der Waals surface area contributed by atoms with Crippen LogP contribution in [0.4, 0.5) is 5.00 Å². The Morgan fingerprint density at radius 1 is 1.47 bits per heavy atom. The van der Waals surface area contributed by atoms with E-state index >= 15 is 0 Å². The number of aromatic amines is 1. The highest BCUT2D eigenvalue weighted by Crippen LogP contribution is 2.25. The molecule has 0 bridgehead atoms. The molecule has 0 radical (unpaired) electrons. The van der Waals surface area contributed by atoms with Crippen molar-refractivity contribution in [2.45, 2.75) is 6.42 Å². The number of hydrogen-bond donors (Lipinski definition) is 3. The standard InChI is InChI=1S/C8H16N4O2S/c1-11(2)4-3-5-12(9)7-6(13)10-8(14)15-7/h13H,3-5,9H2,1-2H3,(H,10,14). The van der Waals surface area contributed by atoms with Gasteiger partial charge in [-0.3, -0.25) is 14.8 Å². The van der Waals surface area contributed by atoms with Crippen molar-refractivity contribution in [1.29, 1.82) is 0 Å². The number of nitrogens with zero attached hydrogens (tertiary/aromatic N) is 2. The zero-order valence-electron chi connectivity index (χ0n) is 8.86. The summed E-state index contributed by atoms with van der Waals surface area (Å²) in [6, 6.07) is 0. The van der Waals surface area contributed by atoms with Gasteiger partial charge in [-0.25, -0.2) is 5.84 Å². The zero-order valence-corrected chi connectivity index (χ0v) is 9.67. The van der Waals surface area contributed by atoms with Crippen molar-refractivity contribution in [3.05, 3.63) is 9.67 Å². The van der Waals surface area contributed by atoms with Gasteiger partial charge in [-0.1, -0.05) is 11.3 Å². The van der Waals surface area contributed by atoms with Crippen LogP contribution in [0.15, 0.2) is 4.79 Å². The van der Waals surface area contributed by atoms with E-state index in [1.807, 2.05) is 19.0 Å². The molecule has 0 saturated carbocycles. The fourth-order valence-corrected chi connectivity index (χ4v) is 1.84. The summed E-state index contributed by atoms with van der Waals surface area (Å²) in [7, 11) is 3.96. The summed E-state index contributed by atoms with van der Waals surface area (Å²) < 4.78 is 0. The third kappa shape index (κ3) is 3.54. The van der Waals surface area contributed by atoms with E-state index in [1.54, 1.807) is 0 Å². The van der Waals surface area contributed by atoms with Crippen LogP contribution in [0.25, 0.3) is 0 Å². The molecule has 0 fully saturated rings. The van der Waals surface area contributed by atoms with E-state index in [1.165, 1.54) is 5.01 Å². The van der Waals surface area contributed by atoms with Crippen LogP contribution in [0.5, 0.6) is 5.88 Å². The quantitative estimate of drug-likeness (QED) is 0.482. The number of H-pyrrole nitrogens is 1. The predicted octanol–water partition coefficient (Wildman–Crippen LogP) is -0.226. The van der Waals surface area contributed by atoms with Gasteiger partial charge in [0.2, 0.25) is 5.88 Å². The molecule has 0 aliphatic rings. The molecule has 86 valence electrons. The van der Waals surface area contributed by atoms with Crippen LogP contribution in [0.3, 0.4) is 0 Å². The second-order valence-corrected chi connectivity index (χ2v) is 4.48. The van der Waals surface area contributed by atoms with E-state index in [0.717, 1.165) is 24.3 Å². The van der Waals surface area contributed by atoms with Crippen molar-refractivity contribution in [2.24, 2.45) is 5.84 Å². The Bertz CT molecular complexity index is 360.